The predicted octanol–water partition coefficient (Wildman–Crippen LogP) is 2.17. The molecule has 1 aromatic carbocycles. The highest BCUT2D eigenvalue weighted by molar-refractivity contribution is 5.31. The summed E-state index contributed by atoms with van der Waals surface area (Å²) in [6, 6.07) is 9.87. The van der Waals surface area contributed by atoms with E-state index in [1.165, 1.54) is 5.56 Å². The molecule has 1 aromatic rings. The minimum atomic E-state index is -0.600. The number of methoxy groups -OCH3 is 1. The first-order chi connectivity index (χ1) is 10.1. The average Bonchev–Trinajstić information content (AvgIpc) is 2.50. The van der Waals surface area contributed by atoms with Gasteiger partial charge in [-0.15, -0.1) is 0 Å². The van der Waals surface area contributed by atoms with Crippen LogP contribution in [0.2, 0.25) is 0 Å². The summed E-state index contributed by atoms with van der Waals surface area (Å²) in [5.41, 5.74) is 1.31. The van der Waals surface area contributed by atoms with Gasteiger partial charge in [-0.05, 0) is 36.5 Å². The SMILES string of the molecule is COCC[C@@]1(O)CCN(Cc2ccc(C#N)cc2)C[C@@H]1C. The zero-order valence-corrected chi connectivity index (χ0v) is 12.9. The van der Waals surface area contributed by atoms with E-state index in [0.29, 0.717) is 18.6 Å². The van der Waals surface area contributed by atoms with Gasteiger partial charge in [-0.1, -0.05) is 19.1 Å². The molecule has 0 radical (unpaired) electrons. The number of aliphatic hydroxyl groups is 1. The lowest BCUT2D eigenvalue weighted by Gasteiger charge is -2.43. The van der Waals surface area contributed by atoms with Crippen molar-refractivity contribution in [2.75, 3.05) is 26.8 Å². The first-order valence-corrected chi connectivity index (χ1v) is 7.50. The van der Waals surface area contributed by atoms with Crippen LogP contribution < -0.4 is 0 Å². The molecule has 2 rings (SSSR count). The molecule has 0 unspecified atom stereocenters. The van der Waals surface area contributed by atoms with Crippen LogP contribution in [0, 0.1) is 17.2 Å². The lowest BCUT2D eigenvalue weighted by atomic mass is 9.80. The molecular formula is C17H24N2O2. The molecule has 0 saturated carbocycles. The number of benzene rings is 1. The second kappa shape index (κ2) is 7.04. The summed E-state index contributed by atoms with van der Waals surface area (Å²) in [5, 5.41) is 19.5. The summed E-state index contributed by atoms with van der Waals surface area (Å²) < 4.78 is 5.10. The first kappa shape index (κ1) is 16.0. The maximum Gasteiger partial charge on any atom is 0.0991 e. The normalized spacial score (nSPS) is 26.5. The van der Waals surface area contributed by atoms with Crippen LogP contribution in [-0.2, 0) is 11.3 Å². The Morgan fingerprint density at radius 2 is 2.14 bits per heavy atom. The van der Waals surface area contributed by atoms with Crippen molar-refractivity contribution in [2.24, 2.45) is 5.92 Å². The fraction of sp³-hybridized carbons (Fsp3) is 0.588. The van der Waals surface area contributed by atoms with E-state index in [4.69, 9.17) is 10.00 Å². The molecule has 1 N–H and O–H groups in total. The standard InChI is InChI=1S/C17H24N2O2/c1-14-12-19(9-7-17(14,20)8-10-21-2)13-16-5-3-15(11-18)4-6-16/h3-6,14,20H,7-10,12-13H2,1-2H3/t14-,17-/m0/s1. The summed E-state index contributed by atoms with van der Waals surface area (Å²) in [4.78, 5) is 2.37. The van der Waals surface area contributed by atoms with Crippen molar-refractivity contribution < 1.29 is 9.84 Å². The molecule has 0 aliphatic carbocycles. The van der Waals surface area contributed by atoms with Gasteiger partial charge in [0.1, 0.15) is 0 Å². The minimum Gasteiger partial charge on any atom is -0.389 e. The molecule has 1 aliphatic rings. The molecule has 4 nitrogen and oxygen atoms in total. The molecule has 0 bridgehead atoms. The van der Waals surface area contributed by atoms with Crippen molar-refractivity contribution in [3.63, 3.8) is 0 Å². The highest BCUT2D eigenvalue weighted by Gasteiger charge is 2.38. The van der Waals surface area contributed by atoms with Crippen LogP contribution >= 0.6 is 0 Å². The number of rotatable bonds is 5. The van der Waals surface area contributed by atoms with Gasteiger partial charge in [-0.2, -0.15) is 5.26 Å². The van der Waals surface area contributed by atoms with Crippen LogP contribution in [-0.4, -0.2) is 42.4 Å². The summed E-state index contributed by atoms with van der Waals surface area (Å²) in [6.07, 6.45) is 1.49. The molecule has 1 aliphatic heterocycles. The number of piperidine rings is 1. The van der Waals surface area contributed by atoms with Gasteiger partial charge in [0.2, 0.25) is 0 Å². The van der Waals surface area contributed by atoms with Gasteiger partial charge in [-0.3, -0.25) is 4.90 Å². The number of likely N-dealkylation sites (tertiary alicyclic amines) is 1. The second-order valence-corrected chi connectivity index (χ2v) is 6.04. The number of hydrogen-bond donors (Lipinski definition) is 1. The summed E-state index contributed by atoms with van der Waals surface area (Å²) in [7, 11) is 1.67. The Morgan fingerprint density at radius 1 is 1.43 bits per heavy atom. The third-order valence-corrected chi connectivity index (χ3v) is 4.54. The van der Waals surface area contributed by atoms with Crippen LogP contribution in [0.1, 0.15) is 30.9 Å². The number of hydrogen-bond acceptors (Lipinski definition) is 4. The maximum atomic E-state index is 10.7. The summed E-state index contributed by atoms with van der Waals surface area (Å²) in [6.45, 7) is 5.37. The van der Waals surface area contributed by atoms with Gasteiger partial charge in [-0.25, -0.2) is 0 Å². The largest absolute Gasteiger partial charge is 0.389 e. The van der Waals surface area contributed by atoms with E-state index >= 15 is 0 Å². The second-order valence-electron chi connectivity index (χ2n) is 6.04. The zero-order valence-electron chi connectivity index (χ0n) is 12.9. The molecule has 2 atom stereocenters. The lowest BCUT2D eigenvalue weighted by molar-refractivity contribution is -0.0827. The topological polar surface area (TPSA) is 56.5 Å². The molecule has 21 heavy (non-hydrogen) atoms. The van der Waals surface area contributed by atoms with Crippen LogP contribution in [0.25, 0.3) is 0 Å². The Morgan fingerprint density at radius 3 is 2.71 bits per heavy atom. The number of nitriles is 1. The zero-order chi connectivity index (χ0) is 15.3. The summed E-state index contributed by atoms with van der Waals surface area (Å²) in [5.74, 6) is 0.236. The quantitative estimate of drug-likeness (QED) is 0.902. The van der Waals surface area contributed by atoms with E-state index in [1.807, 2.05) is 24.3 Å². The predicted molar refractivity (Wildman–Crippen MR) is 81.7 cm³/mol. The van der Waals surface area contributed by atoms with Crippen LogP contribution in [0.4, 0.5) is 0 Å². The monoisotopic (exact) mass is 288 g/mol. The van der Waals surface area contributed by atoms with Gasteiger partial charge < -0.3 is 9.84 Å². The Balaban J connectivity index is 1.91. The molecule has 114 valence electrons. The molecule has 0 aromatic heterocycles. The van der Waals surface area contributed by atoms with E-state index in [2.05, 4.69) is 17.9 Å². The van der Waals surface area contributed by atoms with Gasteiger partial charge in [0, 0.05) is 33.4 Å². The highest BCUT2D eigenvalue weighted by atomic mass is 16.5. The van der Waals surface area contributed by atoms with E-state index < -0.39 is 5.60 Å². The Labute approximate surface area is 127 Å². The average molecular weight is 288 g/mol. The fourth-order valence-electron chi connectivity index (χ4n) is 2.98. The Kier molecular flexibility index (Phi) is 5.35. The van der Waals surface area contributed by atoms with E-state index in [9.17, 15) is 5.11 Å². The fourth-order valence-corrected chi connectivity index (χ4v) is 2.98. The van der Waals surface area contributed by atoms with Gasteiger partial charge in [0.05, 0.1) is 17.2 Å². The van der Waals surface area contributed by atoms with Crippen molar-refractivity contribution in [3.8, 4) is 6.07 Å². The molecule has 1 heterocycles. The molecule has 4 heteroatoms. The third-order valence-electron chi connectivity index (χ3n) is 4.54. The minimum absolute atomic E-state index is 0.236. The Bertz CT molecular complexity index is 495. The van der Waals surface area contributed by atoms with Crippen molar-refractivity contribution >= 4 is 0 Å². The van der Waals surface area contributed by atoms with E-state index in [1.54, 1.807) is 7.11 Å². The summed E-state index contributed by atoms with van der Waals surface area (Å²) >= 11 is 0. The highest BCUT2D eigenvalue weighted by Crippen LogP contribution is 2.31. The molecular weight excluding hydrogens is 264 g/mol. The van der Waals surface area contributed by atoms with Crippen LogP contribution in [0.15, 0.2) is 24.3 Å². The first-order valence-electron chi connectivity index (χ1n) is 7.50. The molecule has 1 saturated heterocycles. The van der Waals surface area contributed by atoms with Crippen molar-refractivity contribution in [1.29, 1.82) is 5.26 Å². The molecule has 0 spiro atoms. The van der Waals surface area contributed by atoms with Gasteiger partial charge >= 0.3 is 0 Å². The number of ether oxygens (including phenoxy) is 1. The van der Waals surface area contributed by atoms with Crippen molar-refractivity contribution in [3.05, 3.63) is 35.4 Å². The van der Waals surface area contributed by atoms with Gasteiger partial charge in [0.15, 0.2) is 0 Å². The number of nitrogens with zero attached hydrogens (tertiary/aromatic N) is 2. The maximum absolute atomic E-state index is 10.7. The third kappa shape index (κ3) is 4.04. The Hall–Kier alpha value is -1.41. The van der Waals surface area contributed by atoms with E-state index in [-0.39, 0.29) is 5.92 Å². The lowest BCUT2D eigenvalue weighted by Crippen LogP contribution is -2.51. The van der Waals surface area contributed by atoms with Crippen molar-refractivity contribution in [2.45, 2.75) is 31.9 Å². The molecule has 0 amide bonds. The van der Waals surface area contributed by atoms with Crippen LogP contribution in [0.5, 0.6) is 0 Å². The van der Waals surface area contributed by atoms with Gasteiger partial charge in [0.25, 0.3) is 0 Å². The molecule has 1 fully saturated rings. The van der Waals surface area contributed by atoms with Crippen molar-refractivity contribution in [1.82, 2.24) is 4.90 Å². The van der Waals surface area contributed by atoms with E-state index in [0.717, 1.165) is 26.1 Å². The van der Waals surface area contributed by atoms with Crippen LogP contribution in [0.3, 0.4) is 0 Å². The smallest absolute Gasteiger partial charge is 0.0991 e.